The Morgan fingerprint density at radius 3 is 1.96 bits per heavy atom. The van der Waals surface area contributed by atoms with Gasteiger partial charge in [-0.2, -0.15) is 13.2 Å². The summed E-state index contributed by atoms with van der Waals surface area (Å²) in [4.78, 5) is 45.1. The quantitative estimate of drug-likeness (QED) is 0.357. The number of alkyl halides is 4. The first-order chi connectivity index (χ1) is 12.3. The van der Waals surface area contributed by atoms with Gasteiger partial charge in [0.2, 0.25) is 0 Å². The van der Waals surface area contributed by atoms with E-state index in [-0.39, 0.29) is 0 Å². The molecule has 1 rings (SSSR count). The second kappa shape index (κ2) is 9.35. The van der Waals surface area contributed by atoms with Gasteiger partial charge >= 0.3 is 30.0 Å². The molecule has 27 heavy (non-hydrogen) atoms. The number of amides is 1. The second-order valence-electron chi connectivity index (χ2n) is 5.47. The van der Waals surface area contributed by atoms with Crippen molar-refractivity contribution in [2.45, 2.75) is 56.3 Å². The van der Waals surface area contributed by atoms with Crippen molar-refractivity contribution in [2.24, 2.45) is 0 Å². The molecule has 1 fully saturated rings. The summed E-state index contributed by atoms with van der Waals surface area (Å²) in [5, 5.41) is 0.363. The molecule has 5 unspecified atom stereocenters. The number of halogens is 4. The van der Waals surface area contributed by atoms with E-state index >= 15 is 0 Å². The van der Waals surface area contributed by atoms with Crippen LogP contribution in [0.4, 0.5) is 13.2 Å². The lowest BCUT2D eigenvalue weighted by atomic mass is 9.97. The molecule has 0 aromatic heterocycles. The van der Waals surface area contributed by atoms with E-state index in [4.69, 9.17) is 18.9 Å². The molecule has 1 saturated heterocycles. The Kier molecular flexibility index (Phi) is 8.02. The fraction of sp³-hybridized carbons (Fsp3) is 0.714. The average molecular weight is 464 g/mol. The van der Waals surface area contributed by atoms with E-state index in [1.165, 1.54) is 0 Å². The molecule has 1 N–H and O–H groups in total. The molecule has 13 heteroatoms. The number of hydrogen-bond acceptors (Lipinski definition) is 8. The average Bonchev–Trinajstić information content (AvgIpc) is 2.49. The van der Waals surface area contributed by atoms with Gasteiger partial charge in [0.05, 0.1) is 0 Å². The van der Waals surface area contributed by atoms with Crippen LogP contribution in [0.1, 0.15) is 20.8 Å². The minimum atomic E-state index is -5.21. The van der Waals surface area contributed by atoms with Gasteiger partial charge in [0, 0.05) is 20.8 Å². The second-order valence-corrected chi connectivity index (χ2v) is 6.38. The smallest absolute Gasteiger partial charge is 0.463 e. The maximum Gasteiger partial charge on any atom is 0.471 e. The molecule has 0 aromatic carbocycles. The summed E-state index contributed by atoms with van der Waals surface area (Å²) in [6, 6.07) is -1.55. The maximum absolute atomic E-state index is 12.6. The van der Waals surface area contributed by atoms with E-state index < -0.39 is 66.0 Å². The molecule has 5 atom stereocenters. The van der Waals surface area contributed by atoms with Gasteiger partial charge in [0.25, 0.3) is 0 Å². The Bertz CT molecular complexity index is 599. The molecule has 0 radical (unpaired) electrons. The molecule has 0 aliphatic carbocycles. The minimum absolute atomic E-state index is 0.437. The van der Waals surface area contributed by atoms with Crippen molar-refractivity contribution in [1.29, 1.82) is 0 Å². The van der Waals surface area contributed by atoms with Gasteiger partial charge < -0.3 is 24.3 Å². The van der Waals surface area contributed by atoms with Crippen LogP contribution in [0, 0.1) is 0 Å². The predicted molar refractivity (Wildman–Crippen MR) is 83.3 cm³/mol. The summed E-state index contributed by atoms with van der Waals surface area (Å²) >= 11 is 2.94. The third kappa shape index (κ3) is 6.97. The van der Waals surface area contributed by atoms with Gasteiger partial charge in [-0.1, -0.05) is 15.9 Å². The monoisotopic (exact) mass is 463 g/mol. The van der Waals surface area contributed by atoms with E-state index in [1.807, 2.05) is 0 Å². The van der Waals surface area contributed by atoms with Crippen molar-refractivity contribution < 1.29 is 51.3 Å². The number of ether oxygens (including phenoxy) is 4. The van der Waals surface area contributed by atoms with Crippen molar-refractivity contribution in [3.05, 3.63) is 0 Å². The molecule has 154 valence electrons. The van der Waals surface area contributed by atoms with Gasteiger partial charge in [-0.3, -0.25) is 19.2 Å². The van der Waals surface area contributed by atoms with Crippen LogP contribution < -0.4 is 5.32 Å². The van der Waals surface area contributed by atoms with Gasteiger partial charge in [-0.05, 0) is 0 Å². The van der Waals surface area contributed by atoms with Crippen LogP contribution in [-0.4, -0.2) is 66.0 Å². The summed E-state index contributed by atoms with van der Waals surface area (Å²) in [6.07, 6.45) is -9.38. The van der Waals surface area contributed by atoms with Crippen LogP contribution in [0.5, 0.6) is 0 Å². The molecular formula is C14H17BrF3NO8. The topological polar surface area (TPSA) is 117 Å². The molecular weight excluding hydrogens is 447 g/mol. The first kappa shape index (κ1) is 23.1. The molecule has 0 aromatic rings. The zero-order valence-corrected chi connectivity index (χ0v) is 16.0. The molecule has 1 aliphatic heterocycles. The summed E-state index contributed by atoms with van der Waals surface area (Å²) in [5.74, 6) is -4.76. The highest BCUT2D eigenvalue weighted by Crippen LogP contribution is 2.30. The molecule has 1 heterocycles. The summed E-state index contributed by atoms with van der Waals surface area (Å²) < 4.78 is 57.9. The Morgan fingerprint density at radius 2 is 1.52 bits per heavy atom. The van der Waals surface area contributed by atoms with Crippen LogP contribution in [0.3, 0.4) is 0 Å². The zero-order chi connectivity index (χ0) is 20.9. The third-order valence-corrected chi connectivity index (χ3v) is 4.03. The predicted octanol–water partition coefficient (Wildman–Crippen LogP) is 0.580. The van der Waals surface area contributed by atoms with Gasteiger partial charge in [0.15, 0.2) is 12.2 Å². The highest BCUT2D eigenvalue weighted by Gasteiger charge is 2.52. The third-order valence-electron chi connectivity index (χ3n) is 3.24. The van der Waals surface area contributed by atoms with Gasteiger partial charge in [-0.15, -0.1) is 0 Å². The van der Waals surface area contributed by atoms with Crippen molar-refractivity contribution in [2.75, 3.05) is 6.61 Å². The largest absolute Gasteiger partial charge is 0.471 e. The highest BCUT2D eigenvalue weighted by molar-refractivity contribution is 9.09. The number of hydrogen-bond donors (Lipinski definition) is 1. The number of carbonyl (C=O) groups excluding carboxylic acids is 4. The zero-order valence-electron chi connectivity index (χ0n) is 14.4. The van der Waals surface area contributed by atoms with Crippen LogP contribution in [0.15, 0.2) is 0 Å². The molecule has 9 nitrogen and oxygen atoms in total. The molecule has 0 bridgehead atoms. The van der Waals surface area contributed by atoms with E-state index in [0.29, 0.717) is 0 Å². The van der Waals surface area contributed by atoms with E-state index in [2.05, 4.69) is 15.9 Å². The lowest BCUT2D eigenvalue weighted by molar-refractivity contribution is -0.214. The van der Waals surface area contributed by atoms with E-state index in [9.17, 15) is 32.3 Å². The summed E-state index contributed by atoms with van der Waals surface area (Å²) in [6.45, 7) is 2.66. The SMILES string of the molecule is CC(=O)OCC1OC(Br)C(NC(=O)C(F)(F)F)C(OC(C)=O)C1OC(C)=O. The summed E-state index contributed by atoms with van der Waals surface area (Å²) in [5.41, 5.74) is 0. The lowest BCUT2D eigenvalue weighted by Crippen LogP contribution is -2.65. The van der Waals surface area contributed by atoms with E-state index in [0.717, 1.165) is 20.8 Å². The highest BCUT2D eigenvalue weighted by atomic mass is 79.9. The standard InChI is InChI=1S/C14H17BrF3NO8/c1-5(20)24-4-8-10(25-6(2)21)11(26-7(3)22)9(12(15)27-8)19-13(23)14(16,17)18/h8-12H,4H2,1-3H3,(H,19,23). The fourth-order valence-electron chi connectivity index (χ4n) is 2.28. The summed E-state index contributed by atoms with van der Waals surface area (Å²) in [7, 11) is 0. The minimum Gasteiger partial charge on any atom is -0.463 e. The van der Waals surface area contributed by atoms with E-state index in [1.54, 1.807) is 5.32 Å². The van der Waals surface area contributed by atoms with Crippen LogP contribution in [-0.2, 0) is 38.1 Å². The normalized spacial score (nSPS) is 28.0. The number of nitrogens with one attached hydrogen (secondary N) is 1. The van der Waals surface area contributed by atoms with Crippen molar-refractivity contribution in [3.63, 3.8) is 0 Å². The number of esters is 3. The molecule has 1 amide bonds. The number of carbonyl (C=O) groups is 4. The lowest BCUT2D eigenvalue weighted by Gasteiger charge is -2.43. The van der Waals surface area contributed by atoms with Crippen molar-refractivity contribution in [1.82, 2.24) is 5.32 Å². The van der Waals surface area contributed by atoms with Gasteiger partial charge in [-0.25, -0.2) is 0 Å². The van der Waals surface area contributed by atoms with Crippen LogP contribution in [0.2, 0.25) is 0 Å². The first-order valence-corrected chi connectivity index (χ1v) is 8.39. The fourth-order valence-corrected chi connectivity index (χ4v) is 2.99. The molecule has 1 aliphatic rings. The first-order valence-electron chi connectivity index (χ1n) is 7.48. The molecule has 0 saturated carbocycles. The number of rotatable bonds is 5. The van der Waals surface area contributed by atoms with Gasteiger partial charge in [0.1, 0.15) is 23.8 Å². The van der Waals surface area contributed by atoms with Crippen LogP contribution >= 0.6 is 15.9 Å². The van der Waals surface area contributed by atoms with Crippen molar-refractivity contribution >= 4 is 39.7 Å². The maximum atomic E-state index is 12.6. The molecule has 0 spiro atoms. The Labute approximate surface area is 159 Å². The van der Waals surface area contributed by atoms with Crippen molar-refractivity contribution in [3.8, 4) is 0 Å². The Hall–Kier alpha value is -1.89. The van der Waals surface area contributed by atoms with Crippen LogP contribution in [0.25, 0.3) is 0 Å². The Morgan fingerprint density at radius 1 is 1.00 bits per heavy atom. The Balaban J connectivity index is 3.18.